The van der Waals surface area contributed by atoms with E-state index in [4.69, 9.17) is 17.0 Å². The number of benzene rings is 1. The molecule has 1 amide bonds. The molecule has 1 aromatic rings. The third kappa shape index (κ3) is 6.55. The van der Waals surface area contributed by atoms with Gasteiger partial charge in [0, 0.05) is 26.4 Å². The number of ether oxygens (including phenoxy) is 1. The summed E-state index contributed by atoms with van der Waals surface area (Å²) < 4.78 is 4.88. The van der Waals surface area contributed by atoms with Gasteiger partial charge in [-0.3, -0.25) is 4.79 Å². The molecule has 0 spiro atoms. The third-order valence-electron chi connectivity index (χ3n) is 2.83. The van der Waals surface area contributed by atoms with Gasteiger partial charge in [0.2, 0.25) is 5.91 Å². The maximum absolute atomic E-state index is 11.7. The maximum Gasteiger partial charge on any atom is 0.239 e. The van der Waals surface area contributed by atoms with E-state index in [9.17, 15) is 4.79 Å². The van der Waals surface area contributed by atoms with Crippen molar-refractivity contribution in [1.29, 1.82) is 0 Å². The Balaban J connectivity index is 2.48. The predicted octanol–water partition coefficient (Wildman–Crippen LogP) is 1.69. The fourth-order valence-electron chi connectivity index (χ4n) is 1.90. The van der Waals surface area contributed by atoms with Crippen LogP contribution in [0.2, 0.25) is 0 Å². The van der Waals surface area contributed by atoms with Crippen molar-refractivity contribution in [3.05, 3.63) is 29.3 Å². The van der Waals surface area contributed by atoms with Gasteiger partial charge in [-0.15, -0.1) is 0 Å². The third-order valence-corrected chi connectivity index (χ3v) is 3.24. The lowest BCUT2D eigenvalue weighted by Gasteiger charge is -2.21. The molecule has 0 aliphatic heterocycles. The number of hydrogen-bond acceptors (Lipinski definition) is 3. The number of nitrogens with zero attached hydrogens (tertiary/aromatic N) is 1. The summed E-state index contributed by atoms with van der Waals surface area (Å²) in [5.41, 5.74) is 3.27. The summed E-state index contributed by atoms with van der Waals surface area (Å²) in [6, 6.07) is 6.14. The van der Waals surface area contributed by atoms with Crippen LogP contribution in [0.4, 0.5) is 5.69 Å². The number of carbonyl (C=O) groups excluding carboxylic acids is 1. The molecule has 0 bridgehead atoms. The number of methoxy groups -OCH3 is 1. The second-order valence-electron chi connectivity index (χ2n) is 5.01. The van der Waals surface area contributed by atoms with Crippen molar-refractivity contribution in [2.45, 2.75) is 13.8 Å². The lowest BCUT2D eigenvalue weighted by molar-refractivity contribution is -0.121. The summed E-state index contributed by atoms with van der Waals surface area (Å²) in [5.74, 6) is -0.0841. The van der Waals surface area contributed by atoms with E-state index in [2.05, 4.69) is 16.7 Å². The van der Waals surface area contributed by atoms with Crippen molar-refractivity contribution in [2.75, 3.05) is 39.2 Å². The summed E-state index contributed by atoms with van der Waals surface area (Å²) in [6.07, 6.45) is 0. The average molecular weight is 309 g/mol. The number of carbonyl (C=O) groups is 1. The van der Waals surface area contributed by atoms with Crippen LogP contribution in [0.5, 0.6) is 0 Å². The molecule has 0 fully saturated rings. The molecule has 0 aliphatic rings. The van der Waals surface area contributed by atoms with E-state index < -0.39 is 0 Å². The molecular formula is C15H23N3O2S. The molecule has 0 saturated heterocycles. The first-order chi connectivity index (χ1) is 9.92. The minimum atomic E-state index is -0.0841. The van der Waals surface area contributed by atoms with Crippen molar-refractivity contribution in [3.8, 4) is 0 Å². The van der Waals surface area contributed by atoms with Crippen LogP contribution in [0, 0.1) is 13.8 Å². The number of likely N-dealkylation sites (N-methyl/N-ethyl adjacent to an activating group) is 1. The Hall–Kier alpha value is -1.66. The molecule has 0 saturated carbocycles. The van der Waals surface area contributed by atoms with Crippen molar-refractivity contribution < 1.29 is 9.53 Å². The molecule has 21 heavy (non-hydrogen) atoms. The largest absolute Gasteiger partial charge is 0.383 e. The van der Waals surface area contributed by atoms with Gasteiger partial charge in [0.25, 0.3) is 0 Å². The highest BCUT2D eigenvalue weighted by molar-refractivity contribution is 7.80. The second kappa shape index (κ2) is 8.59. The Labute approximate surface area is 131 Å². The molecule has 1 rings (SSSR count). The van der Waals surface area contributed by atoms with Crippen LogP contribution in [-0.2, 0) is 9.53 Å². The van der Waals surface area contributed by atoms with E-state index >= 15 is 0 Å². The minimum absolute atomic E-state index is 0.0841. The predicted molar refractivity (Wildman–Crippen MR) is 89.7 cm³/mol. The summed E-state index contributed by atoms with van der Waals surface area (Å²) in [7, 11) is 3.38. The van der Waals surface area contributed by atoms with E-state index in [-0.39, 0.29) is 12.5 Å². The molecule has 0 unspecified atom stereocenters. The van der Waals surface area contributed by atoms with Gasteiger partial charge in [0.1, 0.15) is 0 Å². The number of anilines is 1. The van der Waals surface area contributed by atoms with E-state index in [0.717, 1.165) is 5.69 Å². The highest BCUT2D eigenvalue weighted by Crippen LogP contribution is 2.14. The van der Waals surface area contributed by atoms with Crippen LogP contribution in [0.3, 0.4) is 0 Å². The SMILES string of the molecule is COCCNC(=O)CN(C)C(=S)Nc1cc(C)cc(C)c1. The molecule has 5 nitrogen and oxygen atoms in total. The Kier molecular flexibility index (Phi) is 7.11. The molecule has 6 heteroatoms. The second-order valence-corrected chi connectivity index (χ2v) is 5.39. The zero-order valence-corrected chi connectivity index (χ0v) is 13.8. The normalized spacial score (nSPS) is 10.1. The first-order valence-corrected chi connectivity index (χ1v) is 7.19. The number of nitrogens with one attached hydrogen (secondary N) is 2. The Morgan fingerprint density at radius 1 is 1.29 bits per heavy atom. The molecular weight excluding hydrogens is 286 g/mol. The molecule has 0 atom stereocenters. The van der Waals surface area contributed by atoms with Gasteiger partial charge in [-0.05, 0) is 49.3 Å². The van der Waals surface area contributed by atoms with E-state index in [1.165, 1.54) is 11.1 Å². The van der Waals surface area contributed by atoms with Crippen molar-refractivity contribution in [2.24, 2.45) is 0 Å². The number of amides is 1. The highest BCUT2D eigenvalue weighted by atomic mass is 32.1. The van der Waals surface area contributed by atoms with Gasteiger partial charge in [-0.1, -0.05) is 6.07 Å². The lowest BCUT2D eigenvalue weighted by Crippen LogP contribution is -2.41. The summed E-state index contributed by atoms with van der Waals surface area (Å²) in [6.45, 7) is 5.28. The molecule has 0 radical (unpaired) electrons. The first kappa shape index (κ1) is 17.4. The van der Waals surface area contributed by atoms with Crippen LogP contribution in [0.1, 0.15) is 11.1 Å². The van der Waals surface area contributed by atoms with Gasteiger partial charge < -0.3 is 20.3 Å². The van der Waals surface area contributed by atoms with E-state index in [1.54, 1.807) is 19.1 Å². The van der Waals surface area contributed by atoms with Crippen LogP contribution in [0.15, 0.2) is 18.2 Å². The van der Waals surface area contributed by atoms with Gasteiger partial charge >= 0.3 is 0 Å². The Bertz CT molecular complexity index is 485. The number of thiocarbonyl (C=S) groups is 1. The quantitative estimate of drug-likeness (QED) is 0.619. The van der Waals surface area contributed by atoms with Gasteiger partial charge in [-0.2, -0.15) is 0 Å². The summed E-state index contributed by atoms with van der Waals surface area (Å²) >= 11 is 5.31. The van der Waals surface area contributed by atoms with Crippen LogP contribution >= 0.6 is 12.2 Å². The zero-order chi connectivity index (χ0) is 15.8. The molecule has 116 valence electrons. The highest BCUT2D eigenvalue weighted by Gasteiger charge is 2.09. The van der Waals surface area contributed by atoms with Gasteiger partial charge in [0.15, 0.2) is 5.11 Å². The fourth-order valence-corrected chi connectivity index (χ4v) is 2.08. The number of aryl methyl sites for hydroxylation is 2. The Morgan fingerprint density at radius 3 is 2.48 bits per heavy atom. The van der Waals surface area contributed by atoms with Crippen molar-refractivity contribution >= 4 is 28.9 Å². The van der Waals surface area contributed by atoms with Crippen LogP contribution < -0.4 is 10.6 Å². The van der Waals surface area contributed by atoms with Crippen LogP contribution in [0.25, 0.3) is 0 Å². The van der Waals surface area contributed by atoms with E-state index in [0.29, 0.717) is 18.3 Å². The molecule has 0 aliphatic carbocycles. The minimum Gasteiger partial charge on any atom is -0.383 e. The molecule has 1 aromatic carbocycles. The smallest absolute Gasteiger partial charge is 0.239 e. The molecule has 2 N–H and O–H groups in total. The van der Waals surface area contributed by atoms with Crippen LogP contribution in [-0.4, -0.2) is 49.8 Å². The monoisotopic (exact) mass is 309 g/mol. The number of hydrogen-bond donors (Lipinski definition) is 2. The average Bonchev–Trinajstić information content (AvgIpc) is 2.37. The first-order valence-electron chi connectivity index (χ1n) is 6.78. The molecule has 0 aromatic heterocycles. The topological polar surface area (TPSA) is 53.6 Å². The lowest BCUT2D eigenvalue weighted by atomic mass is 10.1. The fraction of sp³-hybridized carbons (Fsp3) is 0.467. The van der Waals surface area contributed by atoms with Crippen molar-refractivity contribution in [1.82, 2.24) is 10.2 Å². The maximum atomic E-state index is 11.7. The van der Waals surface area contributed by atoms with Gasteiger partial charge in [-0.25, -0.2) is 0 Å². The van der Waals surface area contributed by atoms with Gasteiger partial charge in [0.05, 0.1) is 13.2 Å². The van der Waals surface area contributed by atoms with E-state index in [1.807, 2.05) is 26.0 Å². The summed E-state index contributed by atoms with van der Waals surface area (Å²) in [4.78, 5) is 13.4. The summed E-state index contributed by atoms with van der Waals surface area (Å²) in [5, 5.41) is 6.42. The molecule has 0 heterocycles. The standard InChI is InChI=1S/C15H23N3O2S/c1-11-7-12(2)9-13(8-11)17-15(21)18(3)10-14(19)16-5-6-20-4/h7-9H,5-6,10H2,1-4H3,(H,16,19)(H,17,21). The Morgan fingerprint density at radius 2 is 1.90 bits per heavy atom. The van der Waals surface area contributed by atoms with Crippen molar-refractivity contribution in [3.63, 3.8) is 0 Å². The number of rotatable bonds is 6. The zero-order valence-electron chi connectivity index (χ0n) is 13.0.